The third-order valence-electron chi connectivity index (χ3n) is 5.23. The second-order valence-corrected chi connectivity index (χ2v) is 6.91. The SMILES string of the molecule is CCC(C)CC(C)C1(C(C)C)CC1(C)C. The lowest BCUT2D eigenvalue weighted by molar-refractivity contribution is 0.158. The van der Waals surface area contributed by atoms with Gasteiger partial charge in [-0.25, -0.2) is 0 Å². The molecule has 0 aliphatic heterocycles. The van der Waals surface area contributed by atoms with Gasteiger partial charge in [-0.2, -0.15) is 0 Å². The zero-order chi connectivity index (χ0) is 11.9. The summed E-state index contributed by atoms with van der Waals surface area (Å²) in [6.07, 6.45) is 4.19. The van der Waals surface area contributed by atoms with Gasteiger partial charge in [-0.05, 0) is 41.4 Å². The van der Waals surface area contributed by atoms with Crippen LogP contribution in [0.1, 0.15) is 67.7 Å². The Labute approximate surface area is 96.8 Å². The minimum Gasteiger partial charge on any atom is -0.0651 e. The van der Waals surface area contributed by atoms with Gasteiger partial charge in [-0.1, -0.05) is 54.9 Å². The molecule has 0 spiro atoms. The van der Waals surface area contributed by atoms with E-state index < -0.39 is 0 Å². The first kappa shape index (κ1) is 13.1. The van der Waals surface area contributed by atoms with Crippen LogP contribution in [0.3, 0.4) is 0 Å². The van der Waals surface area contributed by atoms with Crippen molar-refractivity contribution in [2.75, 3.05) is 0 Å². The highest BCUT2D eigenvalue weighted by Gasteiger charge is 2.64. The summed E-state index contributed by atoms with van der Waals surface area (Å²) in [5.41, 5.74) is 1.23. The Balaban J connectivity index is 2.68. The summed E-state index contributed by atoms with van der Waals surface area (Å²) in [5, 5.41) is 0. The van der Waals surface area contributed by atoms with Crippen molar-refractivity contribution in [3.63, 3.8) is 0 Å². The molecule has 0 radical (unpaired) electrons. The molecule has 0 aromatic rings. The highest BCUT2D eigenvalue weighted by molar-refractivity contribution is 5.13. The number of rotatable bonds is 5. The van der Waals surface area contributed by atoms with E-state index in [9.17, 15) is 0 Å². The molecule has 0 N–H and O–H groups in total. The van der Waals surface area contributed by atoms with Gasteiger partial charge in [0.05, 0.1) is 0 Å². The largest absolute Gasteiger partial charge is 0.0651 e. The highest BCUT2D eigenvalue weighted by atomic mass is 14.7. The van der Waals surface area contributed by atoms with Crippen LogP contribution in [0.25, 0.3) is 0 Å². The van der Waals surface area contributed by atoms with Crippen molar-refractivity contribution in [2.24, 2.45) is 28.6 Å². The molecular formula is C15H30. The van der Waals surface area contributed by atoms with Crippen LogP contribution >= 0.6 is 0 Å². The van der Waals surface area contributed by atoms with E-state index in [4.69, 9.17) is 0 Å². The summed E-state index contributed by atoms with van der Waals surface area (Å²) < 4.78 is 0. The molecule has 0 heterocycles. The maximum atomic E-state index is 2.49. The lowest BCUT2D eigenvalue weighted by Crippen LogP contribution is -2.26. The van der Waals surface area contributed by atoms with Gasteiger partial charge in [-0.3, -0.25) is 0 Å². The maximum Gasteiger partial charge on any atom is -0.0192 e. The monoisotopic (exact) mass is 210 g/mol. The standard InChI is InChI=1S/C15H30/c1-8-12(4)9-13(5)15(11(2)3)10-14(15,6)7/h11-13H,8-10H2,1-7H3. The molecule has 0 bridgehead atoms. The van der Waals surface area contributed by atoms with Gasteiger partial charge in [0, 0.05) is 0 Å². The molecule has 1 fully saturated rings. The van der Waals surface area contributed by atoms with E-state index in [1.807, 2.05) is 0 Å². The van der Waals surface area contributed by atoms with Gasteiger partial charge in [-0.15, -0.1) is 0 Å². The smallest absolute Gasteiger partial charge is 0.0192 e. The predicted molar refractivity (Wildman–Crippen MR) is 68.9 cm³/mol. The Morgan fingerprint density at radius 2 is 1.53 bits per heavy atom. The maximum absolute atomic E-state index is 2.49. The van der Waals surface area contributed by atoms with Crippen LogP contribution in [0, 0.1) is 28.6 Å². The molecule has 0 heteroatoms. The van der Waals surface area contributed by atoms with Crippen LogP contribution in [0.2, 0.25) is 0 Å². The molecule has 1 aliphatic rings. The zero-order valence-electron chi connectivity index (χ0n) is 11.9. The zero-order valence-corrected chi connectivity index (χ0v) is 11.9. The summed E-state index contributed by atoms with van der Waals surface area (Å²) in [4.78, 5) is 0. The average Bonchev–Trinajstić information content (AvgIpc) is 2.70. The molecule has 0 aromatic carbocycles. The molecule has 1 rings (SSSR count). The van der Waals surface area contributed by atoms with Gasteiger partial charge in [0.1, 0.15) is 0 Å². The fourth-order valence-corrected chi connectivity index (χ4v) is 4.06. The minimum atomic E-state index is 0.591. The summed E-state index contributed by atoms with van der Waals surface area (Å²) in [6, 6.07) is 0. The Bertz CT molecular complexity index is 214. The van der Waals surface area contributed by atoms with Crippen LogP contribution in [0.15, 0.2) is 0 Å². The summed E-state index contributed by atoms with van der Waals surface area (Å²) in [5.74, 6) is 2.63. The van der Waals surface area contributed by atoms with Crippen molar-refractivity contribution in [3.8, 4) is 0 Å². The van der Waals surface area contributed by atoms with Crippen molar-refractivity contribution in [1.29, 1.82) is 0 Å². The lowest BCUT2D eigenvalue weighted by Gasteiger charge is -2.33. The van der Waals surface area contributed by atoms with Crippen molar-refractivity contribution in [3.05, 3.63) is 0 Å². The Morgan fingerprint density at radius 1 is 1.07 bits per heavy atom. The molecule has 0 nitrogen and oxygen atoms in total. The number of hydrogen-bond acceptors (Lipinski definition) is 0. The first-order chi connectivity index (χ1) is 6.78. The molecule has 0 amide bonds. The Morgan fingerprint density at radius 3 is 1.80 bits per heavy atom. The third kappa shape index (κ3) is 2.10. The van der Waals surface area contributed by atoms with E-state index in [0.29, 0.717) is 10.8 Å². The van der Waals surface area contributed by atoms with Crippen molar-refractivity contribution >= 4 is 0 Å². The quantitative estimate of drug-likeness (QED) is 0.590. The van der Waals surface area contributed by atoms with Gasteiger partial charge < -0.3 is 0 Å². The fourth-order valence-electron chi connectivity index (χ4n) is 4.06. The van der Waals surface area contributed by atoms with Crippen LogP contribution in [-0.2, 0) is 0 Å². The molecule has 15 heavy (non-hydrogen) atoms. The summed E-state index contributed by atoms with van der Waals surface area (Å²) >= 11 is 0. The Kier molecular flexibility index (Phi) is 3.58. The molecule has 90 valence electrons. The average molecular weight is 210 g/mol. The van der Waals surface area contributed by atoms with Crippen molar-refractivity contribution < 1.29 is 0 Å². The molecule has 1 saturated carbocycles. The first-order valence-electron chi connectivity index (χ1n) is 6.78. The topological polar surface area (TPSA) is 0 Å². The van der Waals surface area contributed by atoms with E-state index in [1.54, 1.807) is 0 Å². The van der Waals surface area contributed by atoms with Crippen LogP contribution in [0.4, 0.5) is 0 Å². The van der Waals surface area contributed by atoms with Gasteiger partial charge in [0.2, 0.25) is 0 Å². The molecule has 3 unspecified atom stereocenters. The van der Waals surface area contributed by atoms with Crippen LogP contribution in [0.5, 0.6) is 0 Å². The first-order valence-corrected chi connectivity index (χ1v) is 6.78. The van der Waals surface area contributed by atoms with Crippen LogP contribution in [-0.4, -0.2) is 0 Å². The molecule has 3 atom stereocenters. The van der Waals surface area contributed by atoms with E-state index in [2.05, 4.69) is 48.5 Å². The number of hydrogen-bond donors (Lipinski definition) is 0. The van der Waals surface area contributed by atoms with E-state index in [-0.39, 0.29) is 0 Å². The van der Waals surface area contributed by atoms with Gasteiger partial charge in [0.25, 0.3) is 0 Å². The second-order valence-electron chi connectivity index (χ2n) is 6.91. The van der Waals surface area contributed by atoms with E-state index >= 15 is 0 Å². The highest BCUT2D eigenvalue weighted by Crippen LogP contribution is 2.72. The van der Waals surface area contributed by atoms with Gasteiger partial charge in [0.15, 0.2) is 0 Å². The normalized spacial score (nSPS) is 32.8. The van der Waals surface area contributed by atoms with E-state index in [0.717, 1.165) is 17.8 Å². The van der Waals surface area contributed by atoms with Crippen molar-refractivity contribution in [2.45, 2.75) is 67.7 Å². The summed E-state index contributed by atoms with van der Waals surface area (Å²) in [7, 11) is 0. The molecule has 0 saturated heterocycles. The van der Waals surface area contributed by atoms with Gasteiger partial charge >= 0.3 is 0 Å². The van der Waals surface area contributed by atoms with Crippen LogP contribution < -0.4 is 0 Å². The predicted octanol–water partition coefficient (Wildman–Crippen LogP) is 5.13. The third-order valence-corrected chi connectivity index (χ3v) is 5.23. The molecular weight excluding hydrogens is 180 g/mol. The molecule has 0 aromatic heterocycles. The molecule has 1 aliphatic carbocycles. The minimum absolute atomic E-state index is 0.591. The lowest BCUT2D eigenvalue weighted by atomic mass is 9.72. The summed E-state index contributed by atoms with van der Waals surface area (Å²) in [6.45, 7) is 17.0. The Hall–Kier alpha value is 0. The fraction of sp³-hybridized carbons (Fsp3) is 1.00. The van der Waals surface area contributed by atoms with E-state index in [1.165, 1.54) is 19.3 Å². The second kappa shape index (κ2) is 4.11. The van der Waals surface area contributed by atoms with Crippen molar-refractivity contribution in [1.82, 2.24) is 0 Å².